The van der Waals surface area contributed by atoms with Crippen LogP contribution in [0.3, 0.4) is 0 Å². The lowest BCUT2D eigenvalue weighted by Gasteiger charge is -2.16. The van der Waals surface area contributed by atoms with Crippen molar-refractivity contribution in [2.45, 2.75) is 6.10 Å². The highest BCUT2D eigenvalue weighted by atomic mass is 35.5. The Morgan fingerprint density at radius 3 is 2.69 bits per heavy atom. The van der Waals surface area contributed by atoms with Gasteiger partial charge in [0.15, 0.2) is 17.8 Å². The summed E-state index contributed by atoms with van der Waals surface area (Å²) >= 11 is 6.16. The molecule has 5 nitrogen and oxygen atoms in total. The molecule has 0 aliphatic carbocycles. The maximum Gasteiger partial charge on any atom is 0.274 e. The Morgan fingerprint density at radius 2 is 2.00 bits per heavy atom. The normalized spacial score (nSPS) is 12.0. The van der Waals surface area contributed by atoms with Crippen molar-refractivity contribution in [3.05, 3.63) is 77.0 Å². The number of hydrogen-bond donors (Lipinski definition) is 1. The topological polar surface area (TPSA) is 64.4 Å². The number of amides is 1. The SMILES string of the molecule is CO[C@H](CNC(=O)c1ncoc1-c1ccccc1Cl)c1ccc(F)cc1. The Balaban J connectivity index is 1.74. The van der Waals surface area contributed by atoms with Crippen LogP contribution >= 0.6 is 11.6 Å². The van der Waals surface area contributed by atoms with Crippen LogP contribution in [-0.4, -0.2) is 24.5 Å². The fourth-order valence-corrected chi connectivity index (χ4v) is 2.75. The molecule has 1 atom stereocenters. The summed E-state index contributed by atoms with van der Waals surface area (Å²) in [5.74, 6) is -0.457. The van der Waals surface area contributed by atoms with E-state index in [4.69, 9.17) is 20.8 Å². The zero-order valence-electron chi connectivity index (χ0n) is 13.9. The Labute approximate surface area is 154 Å². The molecule has 0 fully saturated rings. The Bertz CT molecular complexity index is 896. The largest absolute Gasteiger partial charge is 0.443 e. The number of hydrogen-bond acceptors (Lipinski definition) is 4. The second kappa shape index (κ2) is 8.12. The van der Waals surface area contributed by atoms with Gasteiger partial charge in [-0.1, -0.05) is 35.9 Å². The van der Waals surface area contributed by atoms with E-state index in [1.807, 2.05) is 0 Å². The van der Waals surface area contributed by atoms with Gasteiger partial charge in [0.2, 0.25) is 0 Å². The van der Waals surface area contributed by atoms with Crippen molar-refractivity contribution in [2.24, 2.45) is 0 Å². The van der Waals surface area contributed by atoms with Crippen LogP contribution in [-0.2, 0) is 4.74 Å². The third-order valence-electron chi connectivity index (χ3n) is 3.88. The van der Waals surface area contributed by atoms with Crippen molar-refractivity contribution >= 4 is 17.5 Å². The summed E-state index contributed by atoms with van der Waals surface area (Å²) in [6.07, 6.45) is 0.775. The fourth-order valence-electron chi connectivity index (χ4n) is 2.53. The maximum atomic E-state index is 13.1. The first kappa shape index (κ1) is 18.1. The molecule has 26 heavy (non-hydrogen) atoms. The summed E-state index contributed by atoms with van der Waals surface area (Å²) in [4.78, 5) is 16.5. The van der Waals surface area contributed by atoms with Gasteiger partial charge in [0.1, 0.15) is 5.82 Å². The highest BCUT2D eigenvalue weighted by Crippen LogP contribution is 2.30. The van der Waals surface area contributed by atoms with Crippen molar-refractivity contribution in [1.82, 2.24) is 10.3 Å². The summed E-state index contributed by atoms with van der Waals surface area (Å²) in [5.41, 5.74) is 1.46. The molecule has 0 radical (unpaired) electrons. The molecule has 3 aromatic rings. The van der Waals surface area contributed by atoms with Crippen LogP contribution in [0.1, 0.15) is 22.2 Å². The minimum atomic E-state index is -0.421. The van der Waals surface area contributed by atoms with Crippen LogP contribution in [0.2, 0.25) is 5.02 Å². The van der Waals surface area contributed by atoms with E-state index < -0.39 is 12.0 Å². The first-order chi connectivity index (χ1) is 12.6. The fraction of sp³-hybridized carbons (Fsp3) is 0.158. The number of ether oxygens (including phenoxy) is 1. The van der Waals surface area contributed by atoms with Gasteiger partial charge < -0.3 is 14.5 Å². The minimum Gasteiger partial charge on any atom is -0.443 e. The van der Waals surface area contributed by atoms with Crippen LogP contribution < -0.4 is 5.32 Å². The molecule has 0 saturated carbocycles. The van der Waals surface area contributed by atoms with Crippen LogP contribution in [0, 0.1) is 5.82 Å². The molecule has 0 spiro atoms. The van der Waals surface area contributed by atoms with E-state index in [0.29, 0.717) is 16.3 Å². The molecular weight excluding hydrogens is 359 g/mol. The lowest BCUT2D eigenvalue weighted by Crippen LogP contribution is -2.29. The number of benzene rings is 2. The number of nitrogens with one attached hydrogen (secondary N) is 1. The number of aromatic nitrogens is 1. The summed E-state index contributed by atoms with van der Waals surface area (Å²) in [6.45, 7) is 0.190. The number of rotatable bonds is 6. The van der Waals surface area contributed by atoms with E-state index in [-0.39, 0.29) is 18.1 Å². The molecule has 1 amide bonds. The number of carbonyl (C=O) groups is 1. The van der Waals surface area contributed by atoms with Crippen LogP contribution in [0.15, 0.2) is 59.3 Å². The van der Waals surface area contributed by atoms with E-state index in [1.54, 1.807) is 36.4 Å². The standard InChI is InChI=1S/C19H16ClFN2O3/c1-25-16(12-6-8-13(21)9-7-12)10-22-19(24)17-18(26-11-23-17)14-4-2-3-5-15(14)20/h2-9,11,16H,10H2,1H3,(H,22,24)/t16-/m1/s1. The molecule has 0 aliphatic heterocycles. The molecule has 0 saturated heterocycles. The predicted molar refractivity (Wildman–Crippen MR) is 95.4 cm³/mol. The Kier molecular flexibility index (Phi) is 5.65. The quantitative estimate of drug-likeness (QED) is 0.700. The van der Waals surface area contributed by atoms with Gasteiger partial charge in [0.05, 0.1) is 11.1 Å². The Hall–Kier alpha value is -2.70. The molecule has 0 aliphatic rings. The first-order valence-electron chi connectivity index (χ1n) is 7.85. The zero-order valence-corrected chi connectivity index (χ0v) is 14.7. The van der Waals surface area contributed by atoms with Gasteiger partial charge in [0.25, 0.3) is 5.91 Å². The number of oxazole rings is 1. The third kappa shape index (κ3) is 3.92. The molecule has 1 aromatic heterocycles. The van der Waals surface area contributed by atoms with Gasteiger partial charge in [-0.25, -0.2) is 9.37 Å². The molecule has 0 bridgehead atoms. The van der Waals surface area contributed by atoms with Gasteiger partial charge in [-0.05, 0) is 29.8 Å². The summed E-state index contributed by atoms with van der Waals surface area (Å²) in [5, 5.41) is 3.21. The molecule has 3 rings (SSSR count). The van der Waals surface area contributed by atoms with Gasteiger partial charge in [-0.15, -0.1) is 0 Å². The third-order valence-corrected chi connectivity index (χ3v) is 4.20. The predicted octanol–water partition coefficient (Wildman–Crippen LogP) is 4.25. The Morgan fingerprint density at radius 1 is 1.27 bits per heavy atom. The van der Waals surface area contributed by atoms with Crippen LogP contribution in [0.4, 0.5) is 4.39 Å². The first-order valence-corrected chi connectivity index (χ1v) is 8.22. The van der Waals surface area contributed by atoms with Crippen molar-refractivity contribution < 1.29 is 18.3 Å². The summed E-state index contributed by atoms with van der Waals surface area (Å²) in [6, 6.07) is 12.9. The van der Waals surface area contributed by atoms with Gasteiger partial charge in [0, 0.05) is 19.2 Å². The number of nitrogens with zero attached hydrogens (tertiary/aromatic N) is 1. The van der Waals surface area contributed by atoms with Crippen molar-refractivity contribution in [3.8, 4) is 11.3 Å². The molecule has 134 valence electrons. The number of carbonyl (C=O) groups excluding carboxylic acids is 1. The number of methoxy groups -OCH3 is 1. The van der Waals surface area contributed by atoms with Crippen molar-refractivity contribution in [3.63, 3.8) is 0 Å². The summed E-state index contributed by atoms with van der Waals surface area (Å²) < 4.78 is 23.8. The van der Waals surface area contributed by atoms with Crippen molar-refractivity contribution in [2.75, 3.05) is 13.7 Å². The lowest BCUT2D eigenvalue weighted by atomic mass is 10.1. The second-order valence-corrected chi connectivity index (χ2v) is 5.90. The second-order valence-electron chi connectivity index (χ2n) is 5.50. The molecule has 7 heteroatoms. The van der Waals surface area contributed by atoms with E-state index in [0.717, 1.165) is 5.56 Å². The monoisotopic (exact) mass is 374 g/mol. The van der Waals surface area contributed by atoms with Gasteiger partial charge in [-0.2, -0.15) is 0 Å². The van der Waals surface area contributed by atoms with E-state index in [2.05, 4.69) is 10.3 Å². The molecule has 0 unspecified atom stereocenters. The average Bonchev–Trinajstić information content (AvgIpc) is 3.13. The zero-order chi connectivity index (χ0) is 18.5. The maximum absolute atomic E-state index is 13.1. The van der Waals surface area contributed by atoms with Gasteiger partial charge in [-0.3, -0.25) is 4.79 Å². The highest BCUT2D eigenvalue weighted by molar-refractivity contribution is 6.33. The minimum absolute atomic E-state index is 0.132. The van der Waals surface area contributed by atoms with Crippen molar-refractivity contribution in [1.29, 1.82) is 0 Å². The van der Waals surface area contributed by atoms with Crippen LogP contribution in [0.25, 0.3) is 11.3 Å². The van der Waals surface area contributed by atoms with E-state index >= 15 is 0 Å². The van der Waals surface area contributed by atoms with Gasteiger partial charge >= 0.3 is 0 Å². The molecule has 2 aromatic carbocycles. The molecule has 1 heterocycles. The lowest BCUT2D eigenvalue weighted by molar-refractivity contribution is 0.0824. The molecule has 1 N–H and O–H groups in total. The van der Waals surface area contributed by atoms with Crippen LogP contribution in [0.5, 0.6) is 0 Å². The van der Waals surface area contributed by atoms with E-state index in [9.17, 15) is 9.18 Å². The van der Waals surface area contributed by atoms with E-state index in [1.165, 1.54) is 25.6 Å². The highest BCUT2D eigenvalue weighted by Gasteiger charge is 2.21. The smallest absolute Gasteiger partial charge is 0.274 e. The average molecular weight is 375 g/mol. The summed E-state index contributed by atoms with van der Waals surface area (Å²) in [7, 11) is 1.52. The molecular formula is C19H16ClFN2O3. The number of halogens is 2.